The first-order chi connectivity index (χ1) is 9.77. The number of hydrogen-bond acceptors (Lipinski definition) is 2. The van der Waals surface area contributed by atoms with Crippen LogP contribution in [0.25, 0.3) is 0 Å². The van der Waals surface area contributed by atoms with Gasteiger partial charge in [-0.3, -0.25) is 9.69 Å². The van der Waals surface area contributed by atoms with Gasteiger partial charge in [0.05, 0.1) is 0 Å². The van der Waals surface area contributed by atoms with Crippen LogP contribution >= 0.6 is 0 Å². The van der Waals surface area contributed by atoms with Gasteiger partial charge in [-0.25, -0.2) is 0 Å². The number of hydrogen-bond donors (Lipinski definition) is 0. The van der Waals surface area contributed by atoms with Crippen LogP contribution in [0.15, 0.2) is 30.3 Å². The molecule has 1 aromatic rings. The Morgan fingerprint density at radius 3 is 2.55 bits per heavy atom. The molecule has 1 unspecified atom stereocenters. The largest absolute Gasteiger partial charge is 0.337 e. The molecule has 4 rings (SSSR count). The predicted octanol–water partition coefficient (Wildman–Crippen LogP) is 2.39. The fourth-order valence-corrected chi connectivity index (χ4v) is 3.74. The van der Waals surface area contributed by atoms with Gasteiger partial charge in [0.25, 0.3) is 5.91 Å². The Kier molecular flexibility index (Phi) is 2.84. The Balaban J connectivity index is 1.44. The zero-order chi connectivity index (χ0) is 13.6. The number of amides is 1. The van der Waals surface area contributed by atoms with E-state index in [9.17, 15) is 4.79 Å². The molecule has 106 valence electrons. The second-order valence-corrected chi connectivity index (χ2v) is 6.71. The molecule has 0 N–H and O–H groups in total. The van der Waals surface area contributed by atoms with Crippen LogP contribution in [0.2, 0.25) is 0 Å². The van der Waals surface area contributed by atoms with Crippen molar-refractivity contribution in [2.75, 3.05) is 26.2 Å². The predicted molar refractivity (Wildman–Crippen MR) is 78.6 cm³/mol. The molecule has 3 fully saturated rings. The molecule has 1 saturated carbocycles. The van der Waals surface area contributed by atoms with Crippen LogP contribution in [0.5, 0.6) is 0 Å². The summed E-state index contributed by atoms with van der Waals surface area (Å²) in [6.45, 7) is 4.37. The first kappa shape index (κ1) is 12.4. The van der Waals surface area contributed by atoms with Gasteiger partial charge in [-0.2, -0.15) is 0 Å². The summed E-state index contributed by atoms with van der Waals surface area (Å²) < 4.78 is 0. The van der Waals surface area contributed by atoms with Crippen molar-refractivity contribution in [3.05, 3.63) is 35.9 Å². The van der Waals surface area contributed by atoms with Crippen molar-refractivity contribution < 1.29 is 4.79 Å². The molecule has 3 heteroatoms. The maximum Gasteiger partial charge on any atom is 0.253 e. The van der Waals surface area contributed by atoms with Crippen LogP contribution in [-0.4, -0.2) is 47.4 Å². The van der Waals surface area contributed by atoms with E-state index in [4.69, 9.17) is 0 Å². The van der Waals surface area contributed by atoms with Gasteiger partial charge in [-0.1, -0.05) is 18.2 Å². The van der Waals surface area contributed by atoms with E-state index in [0.717, 1.165) is 31.0 Å². The maximum absolute atomic E-state index is 12.5. The van der Waals surface area contributed by atoms with Gasteiger partial charge in [-0.15, -0.1) is 0 Å². The lowest BCUT2D eigenvalue weighted by Crippen LogP contribution is -2.61. The van der Waals surface area contributed by atoms with Crippen molar-refractivity contribution in [3.8, 4) is 0 Å². The summed E-state index contributed by atoms with van der Waals surface area (Å²) in [4.78, 5) is 17.2. The first-order valence-electron chi connectivity index (χ1n) is 7.86. The number of nitrogens with zero attached hydrogens (tertiary/aromatic N) is 2. The topological polar surface area (TPSA) is 23.6 Å². The van der Waals surface area contributed by atoms with Gasteiger partial charge in [0.1, 0.15) is 0 Å². The van der Waals surface area contributed by atoms with Crippen molar-refractivity contribution in [1.29, 1.82) is 0 Å². The molecule has 2 aliphatic heterocycles. The highest BCUT2D eigenvalue weighted by Crippen LogP contribution is 2.42. The fourth-order valence-electron chi connectivity index (χ4n) is 3.74. The Morgan fingerprint density at radius 2 is 1.90 bits per heavy atom. The van der Waals surface area contributed by atoms with Crippen LogP contribution < -0.4 is 0 Å². The fraction of sp³-hybridized carbons (Fsp3) is 0.588. The summed E-state index contributed by atoms with van der Waals surface area (Å²) in [5.41, 5.74) is 1.16. The van der Waals surface area contributed by atoms with Gasteiger partial charge in [0.15, 0.2) is 0 Å². The summed E-state index contributed by atoms with van der Waals surface area (Å²) in [5, 5.41) is 0. The summed E-state index contributed by atoms with van der Waals surface area (Å²) in [7, 11) is 0. The zero-order valence-corrected chi connectivity index (χ0v) is 11.9. The second-order valence-electron chi connectivity index (χ2n) is 6.71. The van der Waals surface area contributed by atoms with E-state index < -0.39 is 0 Å². The van der Waals surface area contributed by atoms with E-state index >= 15 is 0 Å². The van der Waals surface area contributed by atoms with E-state index in [0.29, 0.717) is 5.54 Å². The normalized spacial score (nSPS) is 29.7. The molecule has 2 heterocycles. The molecule has 0 aromatic heterocycles. The van der Waals surface area contributed by atoms with Crippen LogP contribution in [-0.2, 0) is 0 Å². The molecule has 1 amide bonds. The molecule has 0 bridgehead atoms. The molecule has 20 heavy (non-hydrogen) atoms. The highest BCUT2D eigenvalue weighted by Gasteiger charge is 2.51. The van der Waals surface area contributed by atoms with Gasteiger partial charge in [-0.05, 0) is 43.7 Å². The van der Waals surface area contributed by atoms with Crippen molar-refractivity contribution in [2.45, 2.75) is 31.2 Å². The van der Waals surface area contributed by atoms with Gasteiger partial charge in [0, 0.05) is 37.3 Å². The second kappa shape index (κ2) is 4.59. The lowest BCUT2D eigenvalue weighted by Gasteiger charge is -2.51. The Hall–Kier alpha value is -1.35. The number of rotatable bonds is 3. The SMILES string of the molecule is O=C(c1ccccc1)N1CCC2(CCN2CC2CC2)C1. The number of carbonyl (C=O) groups is 1. The average Bonchev–Trinajstić information content (AvgIpc) is 3.19. The van der Waals surface area contributed by atoms with Crippen LogP contribution in [0, 0.1) is 5.92 Å². The Bertz CT molecular complexity index is 511. The van der Waals surface area contributed by atoms with Gasteiger partial charge >= 0.3 is 0 Å². The lowest BCUT2D eigenvalue weighted by molar-refractivity contribution is -0.00931. The van der Waals surface area contributed by atoms with Crippen molar-refractivity contribution in [1.82, 2.24) is 9.80 Å². The number of benzene rings is 1. The molecular formula is C17H22N2O. The van der Waals surface area contributed by atoms with Gasteiger partial charge in [0.2, 0.25) is 0 Å². The lowest BCUT2D eigenvalue weighted by atomic mass is 9.83. The molecule has 0 radical (unpaired) electrons. The summed E-state index contributed by atoms with van der Waals surface area (Å²) in [6.07, 6.45) is 5.27. The van der Waals surface area contributed by atoms with E-state index in [2.05, 4.69) is 9.80 Å². The van der Waals surface area contributed by atoms with Crippen LogP contribution in [0.3, 0.4) is 0 Å². The van der Waals surface area contributed by atoms with Crippen molar-refractivity contribution >= 4 is 5.91 Å². The quantitative estimate of drug-likeness (QED) is 0.842. The first-order valence-corrected chi connectivity index (χ1v) is 7.86. The molecule has 3 aliphatic rings. The van der Waals surface area contributed by atoms with Crippen LogP contribution in [0.1, 0.15) is 36.0 Å². The van der Waals surface area contributed by atoms with Crippen LogP contribution in [0.4, 0.5) is 0 Å². The number of carbonyl (C=O) groups excluding carboxylic acids is 1. The standard InChI is InChI=1S/C17H22N2O/c20-16(15-4-2-1-3-5-15)18-10-8-17(13-18)9-11-19(17)12-14-6-7-14/h1-5,14H,6-13H2. The molecule has 1 aliphatic carbocycles. The smallest absolute Gasteiger partial charge is 0.253 e. The minimum absolute atomic E-state index is 0.209. The van der Waals surface area contributed by atoms with E-state index in [1.54, 1.807) is 0 Å². The highest BCUT2D eigenvalue weighted by atomic mass is 16.2. The van der Waals surface area contributed by atoms with E-state index in [-0.39, 0.29) is 5.91 Å². The summed E-state index contributed by atoms with van der Waals surface area (Å²) in [6, 6.07) is 9.71. The third-order valence-electron chi connectivity index (χ3n) is 5.33. The Labute approximate surface area is 120 Å². The third-order valence-corrected chi connectivity index (χ3v) is 5.33. The molecule has 2 saturated heterocycles. The highest BCUT2D eigenvalue weighted by molar-refractivity contribution is 5.94. The number of likely N-dealkylation sites (tertiary alicyclic amines) is 2. The Morgan fingerprint density at radius 1 is 1.15 bits per heavy atom. The average molecular weight is 270 g/mol. The maximum atomic E-state index is 12.5. The summed E-state index contributed by atoms with van der Waals surface area (Å²) in [5.74, 6) is 1.16. The molecule has 1 spiro atoms. The molecule has 1 atom stereocenters. The third kappa shape index (κ3) is 2.05. The monoisotopic (exact) mass is 270 g/mol. The van der Waals surface area contributed by atoms with Crippen molar-refractivity contribution in [3.63, 3.8) is 0 Å². The minimum Gasteiger partial charge on any atom is -0.337 e. The molecule has 1 aromatic carbocycles. The zero-order valence-electron chi connectivity index (χ0n) is 11.9. The van der Waals surface area contributed by atoms with Crippen molar-refractivity contribution in [2.24, 2.45) is 5.92 Å². The summed E-state index contributed by atoms with van der Waals surface area (Å²) >= 11 is 0. The molecular weight excluding hydrogens is 248 g/mol. The van der Waals surface area contributed by atoms with E-state index in [1.165, 1.54) is 32.4 Å². The van der Waals surface area contributed by atoms with Gasteiger partial charge < -0.3 is 4.90 Å². The minimum atomic E-state index is 0.209. The van der Waals surface area contributed by atoms with E-state index in [1.807, 2.05) is 30.3 Å². The molecule has 3 nitrogen and oxygen atoms in total.